The number of hydrogen-bond donors (Lipinski definition) is 1. The zero-order chi connectivity index (χ0) is 11.1. The molecule has 1 rings (SSSR count). The lowest BCUT2D eigenvalue weighted by Crippen LogP contribution is -2.11. The summed E-state index contributed by atoms with van der Waals surface area (Å²) < 4.78 is 0. The number of hydrogen-bond acceptors (Lipinski definition) is 4. The average molecular weight is 211 g/mol. The summed E-state index contributed by atoms with van der Waals surface area (Å²) in [4.78, 5) is 16.2. The molecule has 0 fully saturated rings. The van der Waals surface area contributed by atoms with Gasteiger partial charge >= 0.3 is 0 Å². The highest BCUT2D eigenvalue weighted by Crippen LogP contribution is 2.22. The molecule has 0 amide bonds. The summed E-state index contributed by atoms with van der Waals surface area (Å²) in [6, 6.07) is 0. The van der Waals surface area contributed by atoms with Crippen LogP contribution in [0.3, 0.4) is 0 Å². The number of carbonyl (C=O) groups is 1. The predicted molar refractivity (Wildman–Crippen MR) is 57.9 cm³/mol. The van der Waals surface area contributed by atoms with Gasteiger partial charge in [-0.3, -0.25) is 4.79 Å². The van der Waals surface area contributed by atoms with E-state index in [1.165, 1.54) is 0 Å². The highest BCUT2D eigenvalue weighted by molar-refractivity contribution is 5.96. The number of allylic oxidation sites excluding steroid dienone is 2. The van der Waals surface area contributed by atoms with Crippen LogP contribution >= 0.6 is 0 Å². The summed E-state index contributed by atoms with van der Waals surface area (Å²) in [6.45, 7) is 2.40. The van der Waals surface area contributed by atoms with Crippen LogP contribution in [-0.4, -0.2) is 23.7 Å². The maximum atomic E-state index is 11.4. The molecule has 0 spiro atoms. The monoisotopic (exact) mass is 211 g/mol. The third-order valence-electron chi connectivity index (χ3n) is 2.30. The van der Waals surface area contributed by atoms with E-state index in [-0.39, 0.29) is 11.5 Å². The SMILES string of the molecule is CCON=CCCC1=C(O)CCCC1=O. The molecule has 0 saturated heterocycles. The lowest BCUT2D eigenvalue weighted by atomic mass is 9.93. The van der Waals surface area contributed by atoms with Crippen LogP contribution in [0.5, 0.6) is 0 Å². The Balaban J connectivity index is 2.39. The van der Waals surface area contributed by atoms with Crippen LogP contribution in [0.25, 0.3) is 0 Å². The van der Waals surface area contributed by atoms with Crippen molar-refractivity contribution in [3.63, 3.8) is 0 Å². The molecule has 4 heteroatoms. The van der Waals surface area contributed by atoms with Crippen LogP contribution in [-0.2, 0) is 9.63 Å². The van der Waals surface area contributed by atoms with E-state index in [0.29, 0.717) is 37.9 Å². The fraction of sp³-hybridized carbons (Fsp3) is 0.636. The molecule has 0 aromatic carbocycles. The first-order valence-corrected chi connectivity index (χ1v) is 5.33. The normalized spacial score (nSPS) is 17.5. The van der Waals surface area contributed by atoms with Crippen molar-refractivity contribution in [3.8, 4) is 0 Å². The number of aliphatic hydroxyl groups excluding tert-OH is 1. The summed E-state index contributed by atoms with van der Waals surface area (Å²) in [5.41, 5.74) is 0.573. The Hall–Kier alpha value is -1.32. The van der Waals surface area contributed by atoms with Gasteiger partial charge in [0.2, 0.25) is 0 Å². The largest absolute Gasteiger partial charge is 0.512 e. The van der Waals surface area contributed by atoms with E-state index < -0.39 is 0 Å². The highest BCUT2D eigenvalue weighted by Gasteiger charge is 2.18. The number of ketones is 1. The second-order valence-corrected chi connectivity index (χ2v) is 3.45. The van der Waals surface area contributed by atoms with Crippen LogP contribution in [0, 0.1) is 0 Å². The standard InChI is InChI=1S/C11H17NO3/c1-2-15-12-8-4-5-9-10(13)6-3-7-11(9)14/h8,13H,2-7H2,1H3. The number of oxime groups is 1. The minimum Gasteiger partial charge on any atom is -0.512 e. The van der Waals surface area contributed by atoms with Gasteiger partial charge in [-0.25, -0.2) is 0 Å². The van der Waals surface area contributed by atoms with Crippen molar-refractivity contribution in [2.75, 3.05) is 6.61 Å². The molecular weight excluding hydrogens is 194 g/mol. The number of carbonyl (C=O) groups excluding carboxylic acids is 1. The molecule has 0 aromatic heterocycles. The van der Waals surface area contributed by atoms with Gasteiger partial charge in [0.05, 0.1) is 5.76 Å². The maximum absolute atomic E-state index is 11.4. The summed E-state index contributed by atoms with van der Waals surface area (Å²) in [7, 11) is 0. The van der Waals surface area contributed by atoms with Crippen LogP contribution in [0.2, 0.25) is 0 Å². The third-order valence-corrected chi connectivity index (χ3v) is 2.30. The van der Waals surface area contributed by atoms with Gasteiger partial charge in [-0.15, -0.1) is 0 Å². The molecule has 84 valence electrons. The number of aliphatic hydroxyl groups is 1. The Kier molecular flexibility index (Phi) is 4.87. The summed E-state index contributed by atoms with van der Waals surface area (Å²) >= 11 is 0. The summed E-state index contributed by atoms with van der Waals surface area (Å²) in [5, 5.41) is 13.2. The summed E-state index contributed by atoms with van der Waals surface area (Å²) in [6.07, 6.45) is 4.77. The molecule has 1 aliphatic carbocycles. The van der Waals surface area contributed by atoms with Crippen LogP contribution < -0.4 is 0 Å². The van der Waals surface area contributed by atoms with Crippen molar-refractivity contribution >= 4 is 12.0 Å². The zero-order valence-corrected chi connectivity index (χ0v) is 9.03. The molecular formula is C11H17NO3. The zero-order valence-electron chi connectivity index (χ0n) is 9.03. The van der Waals surface area contributed by atoms with Gasteiger partial charge in [0.1, 0.15) is 6.61 Å². The smallest absolute Gasteiger partial charge is 0.162 e. The first-order valence-electron chi connectivity index (χ1n) is 5.33. The fourth-order valence-corrected chi connectivity index (χ4v) is 1.55. The molecule has 4 nitrogen and oxygen atoms in total. The molecule has 0 unspecified atom stereocenters. The summed E-state index contributed by atoms with van der Waals surface area (Å²) in [5.74, 6) is 0.333. The number of nitrogens with zero attached hydrogens (tertiary/aromatic N) is 1. The second kappa shape index (κ2) is 6.22. The Bertz CT molecular complexity index is 282. The van der Waals surface area contributed by atoms with Crippen molar-refractivity contribution in [2.45, 2.75) is 39.0 Å². The fourth-order valence-electron chi connectivity index (χ4n) is 1.55. The van der Waals surface area contributed by atoms with Crippen molar-refractivity contribution in [1.29, 1.82) is 0 Å². The molecule has 0 aliphatic heterocycles. The van der Waals surface area contributed by atoms with E-state index in [1.807, 2.05) is 6.92 Å². The Morgan fingerprint density at radius 2 is 2.33 bits per heavy atom. The molecule has 15 heavy (non-hydrogen) atoms. The van der Waals surface area contributed by atoms with E-state index in [1.54, 1.807) is 6.21 Å². The van der Waals surface area contributed by atoms with E-state index in [2.05, 4.69) is 5.16 Å². The number of rotatable bonds is 5. The number of Topliss-reactive ketones (excluding diaryl/α,β-unsaturated/α-hetero) is 1. The van der Waals surface area contributed by atoms with Crippen molar-refractivity contribution in [2.24, 2.45) is 5.16 Å². The lowest BCUT2D eigenvalue weighted by Gasteiger charge is -2.13. The molecule has 0 atom stereocenters. The maximum Gasteiger partial charge on any atom is 0.162 e. The topological polar surface area (TPSA) is 58.9 Å². The van der Waals surface area contributed by atoms with Gasteiger partial charge in [0.25, 0.3) is 0 Å². The molecule has 0 heterocycles. The van der Waals surface area contributed by atoms with Gasteiger partial charge in [-0.05, 0) is 26.2 Å². The van der Waals surface area contributed by atoms with Crippen LogP contribution in [0.1, 0.15) is 39.0 Å². The van der Waals surface area contributed by atoms with Gasteiger partial charge in [0, 0.05) is 24.6 Å². The second-order valence-electron chi connectivity index (χ2n) is 3.45. The van der Waals surface area contributed by atoms with Crippen LogP contribution in [0.15, 0.2) is 16.5 Å². The third kappa shape index (κ3) is 3.73. The predicted octanol–water partition coefficient (Wildman–Crippen LogP) is 2.35. The van der Waals surface area contributed by atoms with Crippen molar-refractivity contribution < 1.29 is 14.7 Å². The van der Waals surface area contributed by atoms with E-state index in [4.69, 9.17) is 4.84 Å². The van der Waals surface area contributed by atoms with E-state index >= 15 is 0 Å². The highest BCUT2D eigenvalue weighted by atomic mass is 16.6. The van der Waals surface area contributed by atoms with Gasteiger partial charge in [0.15, 0.2) is 5.78 Å². The van der Waals surface area contributed by atoms with Gasteiger partial charge in [-0.1, -0.05) is 5.16 Å². The van der Waals surface area contributed by atoms with E-state index in [0.717, 1.165) is 6.42 Å². The average Bonchev–Trinajstić information content (AvgIpc) is 2.21. The minimum atomic E-state index is 0.0727. The van der Waals surface area contributed by atoms with Gasteiger partial charge < -0.3 is 9.94 Å². The first-order chi connectivity index (χ1) is 7.25. The quantitative estimate of drug-likeness (QED) is 0.561. The Morgan fingerprint density at radius 3 is 3.00 bits per heavy atom. The molecule has 0 radical (unpaired) electrons. The lowest BCUT2D eigenvalue weighted by molar-refractivity contribution is -0.116. The minimum absolute atomic E-state index is 0.0727. The van der Waals surface area contributed by atoms with Gasteiger partial charge in [-0.2, -0.15) is 0 Å². The Labute approximate surface area is 89.6 Å². The van der Waals surface area contributed by atoms with E-state index in [9.17, 15) is 9.90 Å². The first kappa shape index (κ1) is 11.8. The van der Waals surface area contributed by atoms with Crippen molar-refractivity contribution in [1.82, 2.24) is 0 Å². The van der Waals surface area contributed by atoms with Crippen LogP contribution in [0.4, 0.5) is 0 Å². The molecule has 0 aromatic rings. The van der Waals surface area contributed by atoms with Crippen molar-refractivity contribution in [3.05, 3.63) is 11.3 Å². The molecule has 0 bridgehead atoms. The Morgan fingerprint density at radius 1 is 1.53 bits per heavy atom. The molecule has 0 saturated carbocycles. The molecule has 1 N–H and O–H groups in total. The molecule has 1 aliphatic rings.